The van der Waals surface area contributed by atoms with Gasteiger partial charge in [-0.2, -0.15) is 0 Å². The molecule has 3 atom stereocenters. The van der Waals surface area contributed by atoms with Crippen molar-refractivity contribution in [3.8, 4) is 0 Å². The maximum atomic E-state index is 13.0. The second-order valence-electron chi connectivity index (χ2n) is 24.2. The van der Waals surface area contributed by atoms with Crippen molar-refractivity contribution in [3.05, 3.63) is 109 Å². The lowest BCUT2D eigenvalue weighted by Gasteiger charge is -2.30. The van der Waals surface area contributed by atoms with Crippen LogP contribution in [-0.2, 0) is 18.4 Å². The van der Waals surface area contributed by atoms with Crippen molar-refractivity contribution in [1.82, 2.24) is 5.32 Å². The number of likely N-dealkylation sites (N-methyl/N-ethyl adjacent to an activating group) is 1. The van der Waals surface area contributed by atoms with Crippen LogP contribution in [0.25, 0.3) is 0 Å². The topological polar surface area (TPSA) is 108 Å². The van der Waals surface area contributed by atoms with Crippen molar-refractivity contribution in [2.75, 3.05) is 40.9 Å². The number of unbranched alkanes of at least 4 members (excludes halogenated alkanes) is 31. The Hall–Kier alpha value is -2.84. The number of nitrogens with one attached hydrogen (secondary N) is 1. The zero-order valence-corrected chi connectivity index (χ0v) is 55.1. The van der Waals surface area contributed by atoms with Gasteiger partial charge in [0.15, 0.2) is 0 Å². The van der Waals surface area contributed by atoms with Gasteiger partial charge in [0.1, 0.15) is 13.2 Å². The van der Waals surface area contributed by atoms with Crippen LogP contribution in [0, 0.1) is 0 Å². The van der Waals surface area contributed by atoms with E-state index in [4.69, 9.17) is 9.05 Å². The molecule has 3 unspecified atom stereocenters. The number of rotatable bonds is 62. The Morgan fingerprint density at radius 3 is 1.09 bits per heavy atom. The standard InChI is InChI=1S/C73H131N2O6P/c1-6-8-10-12-14-16-18-20-22-24-26-28-29-30-31-32-33-34-35-36-37-38-39-40-41-42-43-44-45-47-49-51-53-55-57-59-61-63-65-67-73(77)74-71(70-81-82(78,79)80-69-68-75(3,4)5)72(76)66-64-62-60-58-56-54-52-50-48-46-27-25-23-21-19-17-15-13-11-9-7-2/h8,10,14,16,20,22,26,28,30-31,33-34,36-37,39-40,42-43,71-72,76H,6-7,9,11-13,15,17-19,21,23-25,27,29,32,35,38,41,44-70H2,1-5H3,(H-,74,77,78,79)/b10-8-,16-14-,22-20-,28-26-,31-30-,34-33-,37-36-,40-39-,43-42-. The molecule has 0 aliphatic carbocycles. The molecule has 474 valence electrons. The summed E-state index contributed by atoms with van der Waals surface area (Å²) in [6, 6.07) is -0.810. The number of hydrogen-bond acceptors (Lipinski definition) is 6. The number of amides is 1. The monoisotopic (exact) mass is 1160 g/mol. The van der Waals surface area contributed by atoms with E-state index in [2.05, 4.69) is 129 Å². The molecule has 0 bridgehead atoms. The quantitative estimate of drug-likeness (QED) is 0.0272. The Morgan fingerprint density at radius 1 is 0.439 bits per heavy atom. The number of aliphatic hydroxyl groups excluding tert-OH is 1. The molecule has 0 aromatic heterocycles. The first-order valence-corrected chi connectivity index (χ1v) is 35.7. The van der Waals surface area contributed by atoms with Crippen molar-refractivity contribution >= 4 is 13.7 Å². The smallest absolute Gasteiger partial charge is 0.268 e. The molecule has 0 radical (unpaired) electrons. The number of aliphatic hydroxyl groups is 1. The van der Waals surface area contributed by atoms with Crippen molar-refractivity contribution in [2.45, 2.75) is 309 Å². The van der Waals surface area contributed by atoms with E-state index in [9.17, 15) is 19.4 Å². The van der Waals surface area contributed by atoms with Crippen LogP contribution in [-0.4, -0.2) is 68.5 Å². The second kappa shape index (κ2) is 62.7. The van der Waals surface area contributed by atoms with Gasteiger partial charge in [0.05, 0.1) is 39.9 Å². The van der Waals surface area contributed by atoms with E-state index in [1.54, 1.807) is 0 Å². The van der Waals surface area contributed by atoms with Crippen molar-refractivity contribution in [2.24, 2.45) is 0 Å². The summed E-state index contributed by atoms with van der Waals surface area (Å²) >= 11 is 0. The Labute approximate surface area is 508 Å². The van der Waals surface area contributed by atoms with Gasteiger partial charge in [0.2, 0.25) is 5.91 Å². The highest BCUT2D eigenvalue weighted by atomic mass is 31.2. The predicted octanol–water partition coefficient (Wildman–Crippen LogP) is 21.2. The van der Waals surface area contributed by atoms with E-state index < -0.39 is 20.0 Å². The minimum atomic E-state index is -4.59. The first kappa shape index (κ1) is 79.2. The van der Waals surface area contributed by atoms with Crippen LogP contribution < -0.4 is 10.2 Å². The average molecular weight is 1160 g/mol. The van der Waals surface area contributed by atoms with Crippen LogP contribution >= 0.6 is 7.82 Å². The molecular formula is C73H131N2O6P. The van der Waals surface area contributed by atoms with Gasteiger partial charge in [-0.15, -0.1) is 0 Å². The molecule has 0 fully saturated rings. The van der Waals surface area contributed by atoms with Crippen LogP contribution in [0.15, 0.2) is 109 Å². The summed E-state index contributed by atoms with van der Waals surface area (Å²) < 4.78 is 23.5. The Morgan fingerprint density at radius 2 is 0.744 bits per heavy atom. The molecule has 0 saturated carbocycles. The third kappa shape index (κ3) is 64.7. The van der Waals surface area contributed by atoms with E-state index in [-0.39, 0.29) is 19.1 Å². The molecule has 0 spiro atoms. The zero-order chi connectivity index (χ0) is 59.8. The van der Waals surface area contributed by atoms with E-state index in [1.165, 1.54) is 173 Å². The van der Waals surface area contributed by atoms with Gasteiger partial charge in [0.25, 0.3) is 7.82 Å². The Balaban J connectivity index is 4.07. The first-order valence-electron chi connectivity index (χ1n) is 34.2. The number of nitrogens with zero attached hydrogens (tertiary/aromatic N) is 1. The molecule has 0 heterocycles. The first-order chi connectivity index (χ1) is 40.0. The van der Waals surface area contributed by atoms with Crippen molar-refractivity contribution < 1.29 is 32.9 Å². The molecule has 0 aromatic rings. The summed E-state index contributed by atoms with van der Waals surface area (Å²) in [5.74, 6) is -0.169. The summed E-state index contributed by atoms with van der Waals surface area (Å²) in [7, 11) is 1.30. The van der Waals surface area contributed by atoms with Gasteiger partial charge >= 0.3 is 0 Å². The van der Waals surface area contributed by atoms with Gasteiger partial charge in [-0.1, -0.05) is 316 Å². The number of phosphoric ester groups is 1. The van der Waals surface area contributed by atoms with Crippen LogP contribution in [0.2, 0.25) is 0 Å². The SMILES string of the molecule is CC/C=C\C/C=C\C/C=C\C/C=C\C/C=C\C/C=C\C/C=C\C/C=C\C/C=C\CCCCCCCCCCCCCC(=O)NC(COP(=O)([O-])OCC[N+](C)(C)C)C(O)CCCCCCCCCCCCCCCCCCCCCCC. The average Bonchev–Trinajstić information content (AvgIpc) is 3.46. The summed E-state index contributed by atoms with van der Waals surface area (Å²) in [6.45, 7) is 4.63. The summed E-state index contributed by atoms with van der Waals surface area (Å²) in [5.41, 5.74) is 0. The Bertz CT molecular complexity index is 1700. The summed E-state index contributed by atoms with van der Waals surface area (Å²) in [5, 5.41) is 14.1. The van der Waals surface area contributed by atoms with Crippen LogP contribution in [0.1, 0.15) is 296 Å². The molecule has 0 saturated heterocycles. The molecule has 2 N–H and O–H groups in total. The lowest BCUT2D eigenvalue weighted by Crippen LogP contribution is -2.46. The van der Waals surface area contributed by atoms with E-state index >= 15 is 0 Å². The molecule has 0 aliphatic heterocycles. The minimum absolute atomic E-state index is 0.00804. The van der Waals surface area contributed by atoms with Gasteiger partial charge in [-0.25, -0.2) is 0 Å². The van der Waals surface area contributed by atoms with E-state index in [0.29, 0.717) is 23.9 Å². The fraction of sp³-hybridized carbons (Fsp3) is 0.740. The third-order valence-electron chi connectivity index (χ3n) is 15.0. The number of allylic oxidation sites excluding steroid dienone is 18. The number of carbonyl (C=O) groups excluding carboxylic acids is 1. The molecule has 82 heavy (non-hydrogen) atoms. The second-order valence-corrected chi connectivity index (χ2v) is 25.6. The normalized spacial score (nSPS) is 14.4. The highest BCUT2D eigenvalue weighted by Crippen LogP contribution is 2.38. The number of hydrogen-bond donors (Lipinski definition) is 2. The van der Waals surface area contributed by atoms with Gasteiger partial charge in [-0.05, 0) is 83.5 Å². The number of carbonyl (C=O) groups is 1. The highest BCUT2D eigenvalue weighted by Gasteiger charge is 2.24. The highest BCUT2D eigenvalue weighted by molar-refractivity contribution is 7.45. The predicted molar refractivity (Wildman–Crippen MR) is 357 cm³/mol. The van der Waals surface area contributed by atoms with Crippen molar-refractivity contribution in [3.63, 3.8) is 0 Å². The fourth-order valence-electron chi connectivity index (χ4n) is 9.74. The van der Waals surface area contributed by atoms with Gasteiger partial charge in [-0.3, -0.25) is 9.36 Å². The fourth-order valence-corrected chi connectivity index (χ4v) is 10.5. The van der Waals surface area contributed by atoms with Crippen LogP contribution in [0.4, 0.5) is 0 Å². The van der Waals surface area contributed by atoms with Crippen LogP contribution in [0.5, 0.6) is 0 Å². The largest absolute Gasteiger partial charge is 0.756 e. The van der Waals surface area contributed by atoms with Gasteiger partial charge < -0.3 is 28.8 Å². The Kier molecular flexibility index (Phi) is 60.5. The number of phosphoric acid groups is 1. The lowest BCUT2D eigenvalue weighted by molar-refractivity contribution is -0.870. The van der Waals surface area contributed by atoms with Crippen molar-refractivity contribution in [1.29, 1.82) is 0 Å². The summed E-state index contributed by atoms with van der Waals surface area (Å²) in [6.07, 6.45) is 91.5. The molecule has 0 aromatic carbocycles. The van der Waals surface area contributed by atoms with Crippen LogP contribution in [0.3, 0.4) is 0 Å². The molecule has 1 amide bonds. The molecule has 9 heteroatoms. The molecule has 0 rings (SSSR count). The summed E-state index contributed by atoms with van der Waals surface area (Å²) in [4.78, 5) is 25.6. The maximum Gasteiger partial charge on any atom is 0.268 e. The third-order valence-corrected chi connectivity index (χ3v) is 16.0. The number of quaternary nitrogens is 1. The lowest BCUT2D eigenvalue weighted by atomic mass is 10.0. The molecular weight excluding hydrogens is 1030 g/mol. The zero-order valence-electron chi connectivity index (χ0n) is 54.2. The minimum Gasteiger partial charge on any atom is -0.756 e. The van der Waals surface area contributed by atoms with E-state index in [0.717, 1.165) is 96.3 Å². The van der Waals surface area contributed by atoms with Gasteiger partial charge in [0, 0.05) is 6.42 Å². The van der Waals surface area contributed by atoms with E-state index in [1.807, 2.05) is 21.1 Å². The molecule has 0 aliphatic rings. The maximum absolute atomic E-state index is 13.0. The molecule has 8 nitrogen and oxygen atoms in total.